The fourth-order valence-corrected chi connectivity index (χ4v) is 3.80. The molecule has 1 aromatic carbocycles. The molecule has 1 saturated heterocycles. The van der Waals surface area contributed by atoms with E-state index < -0.39 is 0 Å². The number of carbonyl (C=O) groups is 1. The number of aromatic nitrogens is 2. The van der Waals surface area contributed by atoms with Gasteiger partial charge in [0.1, 0.15) is 12.1 Å². The van der Waals surface area contributed by atoms with Gasteiger partial charge in [0, 0.05) is 43.2 Å². The van der Waals surface area contributed by atoms with Crippen LogP contribution in [0.25, 0.3) is 16.5 Å². The highest BCUT2D eigenvalue weighted by molar-refractivity contribution is 5.82. The average molecular weight is 558 g/mol. The Kier molecular flexibility index (Phi) is 20.8. The number of hydrogen-bond donors (Lipinski definition) is 2. The number of anilines is 1. The van der Waals surface area contributed by atoms with Crippen molar-refractivity contribution in [3.63, 3.8) is 0 Å². The van der Waals surface area contributed by atoms with Crippen LogP contribution in [0.15, 0.2) is 74.0 Å². The van der Waals surface area contributed by atoms with Crippen LogP contribution in [0.4, 0.5) is 5.82 Å². The lowest BCUT2D eigenvalue weighted by Crippen LogP contribution is -2.30. The first-order chi connectivity index (χ1) is 19.9. The molecule has 2 N–H and O–H groups in total. The van der Waals surface area contributed by atoms with Crippen molar-refractivity contribution in [2.24, 2.45) is 5.92 Å². The maximum absolute atomic E-state index is 10.2. The molecular weight excluding hydrogens is 506 g/mol. The number of nitrogens with one attached hydrogen (secondary N) is 2. The zero-order valence-corrected chi connectivity index (χ0v) is 26.1. The van der Waals surface area contributed by atoms with Gasteiger partial charge in [-0.15, -0.1) is 26.0 Å². The molecular formula is C35H51N5O. The van der Waals surface area contributed by atoms with Gasteiger partial charge in [0.15, 0.2) is 0 Å². The highest BCUT2D eigenvalue weighted by Crippen LogP contribution is 2.19. The van der Waals surface area contributed by atoms with Crippen LogP contribution < -0.4 is 10.6 Å². The second-order valence-electron chi connectivity index (χ2n) is 9.64. The number of likely N-dealkylation sites (tertiary alicyclic amines) is 1. The normalized spacial score (nSPS) is 13.8. The molecule has 41 heavy (non-hydrogen) atoms. The van der Waals surface area contributed by atoms with Gasteiger partial charge in [0.05, 0.1) is 11.2 Å². The van der Waals surface area contributed by atoms with Crippen LogP contribution in [-0.4, -0.2) is 60.9 Å². The zero-order valence-electron chi connectivity index (χ0n) is 26.1. The Bertz CT molecular complexity index is 1150. The van der Waals surface area contributed by atoms with Crippen molar-refractivity contribution >= 4 is 28.6 Å². The number of carbonyl (C=O) groups excluding carboxylic acids is 1. The van der Waals surface area contributed by atoms with Crippen molar-refractivity contribution in [2.75, 3.05) is 39.0 Å². The summed E-state index contributed by atoms with van der Waals surface area (Å²) in [5.41, 5.74) is 4.53. The summed E-state index contributed by atoms with van der Waals surface area (Å²) in [5, 5.41) is 7.63. The van der Waals surface area contributed by atoms with E-state index in [1.54, 1.807) is 0 Å². The van der Waals surface area contributed by atoms with Crippen LogP contribution in [-0.2, 0) is 4.79 Å². The monoisotopic (exact) mass is 557 g/mol. The number of aldehydes is 1. The predicted molar refractivity (Wildman–Crippen MR) is 179 cm³/mol. The summed E-state index contributed by atoms with van der Waals surface area (Å²) in [6, 6.07) is 16.9. The summed E-state index contributed by atoms with van der Waals surface area (Å²) in [5.74, 6) is 1.19. The third-order valence-electron chi connectivity index (χ3n) is 6.66. The number of allylic oxidation sites excluding steroid dienone is 1. The van der Waals surface area contributed by atoms with E-state index in [9.17, 15) is 4.79 Å². The first-order valence-corrected chi connectivity index (χ1v) is 14.2. The minimum Gasteiger partial charge on any atom is -0.373 e. The van der Waals surface area contributed by atoms with Crippen LogP contribution >= 0.6 is 0 Å². The molecule has 0 spiro atoms. The van der Waals surface area contributed by atoms with Gasteiger partial charge in [-0.05, 0) is 77.9 Å². The molecule has 2 aromatic heterocycles. The zero-order chi connectivity index (χ0) is 31.0. The SMILES string of the molecule is C#C.C/C=C(\CNC(C)CC)c1ccc2cnc(NC)cc2n1.C=C.CN1CCC(C=O)CC1.Cc1ccccc1. The number of fused-ring (bicyclic) bond motifs is 1. The van der Waals surface area contributed by atoms with Gasteiger partial charge in [-0.1, -0.05) is 48.9 Å². The summed E-state index contributed by atoms with van der Waals surface area (Å²) >= 11 is 0. The van der Waals surface area contributed by atoms with E-state index in [0.29, 0.717) is 12.0 Å². The molecule has 0 saturated carbocycles. The molecule has 222 valence electrons. The Morgan fingerprint density at radius 1 is 1.15 bits per heavy atom. The first-order valence-electron chi connectivity index (χ1n) is 14.2. The number of nitrogens with zero attached hydrogens (tertiary/aromatic N) is 3. The van der Waals surface area contributed by atoms with Gasteiger partial charge in [-0.3, -0.25) is 0 Å². The minimum absolute atomic E-state index is 0.348. The highest BCUT2D eigenvalue weighted by atomic mass is 16.1. The number of rotatable bonds is 7. The molecule has 3 aromatic rings. The Balaban J connectivity index is 0.000000655. The molecule has 0 amide bonds. The van der Waals surface area contributed by atoms with E-state index >= 15 is 0 Å². The number of aryl methyl sites for hydroxylation is 1. The Morgan fingerprint density at radius 3 is 2.27 bits per heavy atom. The quantitative estimate of drug-likeness (QED) is 0.185. The summed E-state index contributed by atoms with van der Waals surface area (Å²) < 4.78 is 0. The predicted octanol–water partition coefficient (Wildman–Crippen LogP) is 7.04. The van der Waals surface area contributed by atoms with Crippen molar-refractivity contribution < 1.29 is 4.79 Å². The fraction of sp³-hybridized carbons (Fsp3) is 0.400. The molecule has 1 aliphatic rings. The van der Waals surface area contributed by atoms with Crippen molar-refractivity contribution in [3.8, 4) is 12.8 Å². The van der Waals surface area contributed by atoms with Crippen LogP contribution in [0.3, 0.4) is 0 Å². The van der Waals surface area contributed by atoms with E-state index in [2.05, 4.69) is 112 Å². The standard InChI is InChI=1S/C17H24N4.C7H13NO.C7H8.C2H4.C2H2/c1-5-12(3)19-10-13(6-2)15-8-7-14-11-20-17(18-4)9-16(14)21-15;1-8-4-2-7(6-9)3-5-8;1-7-5-3-2-4-6-7;2*1-2/h6-9,11-12,19H,5,10H2,1-4H3,(H,18,20);6-7H,2-5H2,1H3;2-6H,1H3;1-2H2;1-2H/b13-6+;;;;. The fourth-order valence-electron chi connectivity index (χ4n) is 3.80. The number of terminal acetylenes is 1. The number of hydrogen-bond acceptors (Lipinski definition) is 6. The number of benzene rings is 1. The third-order valence-corrected chi connectivity index (χ3v) is 6.66. The van der Waals surface area contributed by atoms with Crippen molar-refractivity contribution in [1.82, 2.24) is 20.2 Å². The Labute approximate surface area is 249 Å². The molecule has 1 fully saturated rings. The number of pyridine rings is 2. The topological polar surface area (TPSA) is 70.2 Å². The lowest BCUT2D eigenvalue weighted by molar-refractivity contribution is -0.112. The van der Waals surface area contributed by atoms with Crippen molar-refractivity contribution in [2.45, 2.75) is 53.0 Å². The molecule has 0 bridgehead atoms. The lowest BCUT2D eigenvalue weighted by atomic mass is 9.99. The van der Waals surface area contributed by atoms with E-state index in [1.807, 2.05) is 37.5 Å². The van der Waals surface area contributed by atoms with Crippen LogP contribution in [0, 0.1) is 25.7 Å². The molecule has 4 rings (SSSR count). The summed E-state index contributed by atoms with van der Waals surface area (Å²) in [6.45, 7) is 17.5. The first kappa shape index (κ1) is 37.2. The smallest absolute Gasteiger partial charge is 0.127 e. The Morgan fingerprint density at radius 2 is 1.78 bits per heavy atom. The molecule has 1 unspecified atom stereocenters. The molecule has 3 heterocycles. The summed E-state index contributed by atoms with van der Waals surface area (Å²) in [4.78, 5) is 21.6. The van der Waals surface area contributed by atoms with Crippen molar-refractivity contribution in [3.05, 3.63) is 85.2 Å². The minimum atomic E-state index is 0.348. The van der Waals surface area contributed by atoms with Crippen LogP contribution in [0.2, 0.25) is 0 Å². The van der Waals surface area contributed by atoms with E-state index in [4.69, 9.17) is 4.98 Å². The molecule has 1 atom stereocenters. The molecule has 0 aliphatic carbocycles. The largest absolute Gasteiger partial charge is 0.373 e. The third kappa shape index (κ3) is 15.0. The molecule has 6 nitrogen and oxygen atoms in total. The maximum atomic E-state index is 10.2. The second kappa shape index (κ2) is 23.0. The van der Waals surface area contributed by atoms with E-state index in [-0.39, 0.29) is 0 Å². The van der Waals surface area contributed by atoms with E-state index in [1.165, 1.54) is 11.1 Å². The molecule has 0 radical (unpaired) electrons. The van der Waals surface area contributed by atoms with Gasteiger partial charge in [-0.2, -0.15) is 0 Å². The summed E-state index contributed by atoms with van der Waals surface area (Å²) in [7, 11) is 3.96. The van der Waals surface area contributed by atoms with Gasteiger partial charge in [-0.25, -0.2) is 9.97 Å². The van der Waals surface area contributed by atoms with Crippen LogP contribution in [0.5, 0.6) is 0 Å². The van der Waals surface area contributed by atoms with Gasteiger partial charge in [0.2, 0.25) is 0 Å². The van der Waals surface area contributed by atoms with Crippen molar-refractivity contribution in [1.29, 1.82) is 0 Å². The average Bonchev–Trinajstić information content (AvgIpc) is 3.04. The maximum Gasteiger partial charge on any atom is 0.127 e. The second-order valence-corrected chi connectivity index (χ2v) is 9.64. The Hall–Kier alpha value is -3.79. The van der Waals surface area contributed by atoms with E-state index in [0.717, 1.165) is 67.6 Å². The van der Waals surface area contributed by atoms with Gasteiger partial charge >= 0.3 is 0 Å². The van der Waals surface area contributed by atoms with Gasteiger partial charge in [0.25, 0.3) is 0 Å². The van der Waals surface area contributed by atoms with Crippen LogP contribution in [0.1, 0.15) is 51.3 Å². The highest BCUT2D eigenvalue weighted by Gasteiger charge is 2.14. The molecule has 1 aliphatic heterocycles. The molecule has 6 heteroatoms. The van der Waals surface area contributed by atoms with Gasteiger partial charge < -0.3 is 20.3 Å². The summed E-state index contributed by atoms with van der Waals surface area (Å²) in [6.07, 6.45) is 16.3. The number of piperidine rings is 1. The lowest BCUT2D eigenvalue weighted by Gasteiger charge is -2.25.